The number of benzene rings is 4. The second-order valence-corrected chi connectivity index (χ2v) is 9.38. The van der Waals surface area contributed by atoms with Crippen molar-refractivity contribution in [1.82, 2.24) is 0 Å². The summed E-state index contributed by atoms with van der Waals surface area (Å²) in [6, 6.07) is 25.6. The molecule has 0 spiro atoms. The number of nitrogens with zero attached hydrogens (tertiary/aromatic N) is 2. The van der Waals surface area contributed by atoms with Crippen LogP contribution in [-0.4, -0.2) is 19.9 Å². The molecule has 0 radical (unpaired) electrons. The van der Waals surface area contributed by atoms with Crippen molar-refractivity contribution in [1.29, 1.82) is 5.26 Å². The van der Waals surface area contributed by atoms with Crippen LogP contribution in [0.1, 0.15) is 11.1 Å². The van der Waals surface area contributed by atoms with E-state index in [2.05, 4.69) is 5.32 Å². The molecular weight excluding hydrogens is 438 g/mol. The maximum Gasteiger partial charge on any atom is 0.287 e. The van der Waals surface area contributed by atoms with Gasteiger partial charge in [-0.05, 0) is 59.2 Å². The first-order valence-corrected chi connectivity index (χ1v) is 11.6. The van der Waals surface area contributed by atoms with E-state index >= 15 is 0 Å². The van der Waals surface area contributed by atoms with Crippen LogP contribution in [0.15, 0.2) is 94.7 Å². The third-order valence-electron chi connectivity index (χ3n) is 5.32. The molecule has 0 saturated heterocycles. The largest absolute Gasteiger partial charge is 0.385 e. The Hall–Kier alpha value is -4.22. The fourth-order valence-corrected chi connectivity index (χ4v) is 4.85. The fraction of sp³-hybridized carbons (Fsp3) is 0.0800. The number of fused-ring (bicyclic) bond motifs is 1. The van der Waals surface area contributed by atoms with Gasteiger partial charge in [-0.3, -0.25) is 10.1 Å². The van der Waals surface area contributed by atoms with E-state index in [0.29, 0.717) is 18.7 Å². The highest BCUT2D eigenvalue weighted by molar-refractivity contribution is 7.91. The lowest BCUT2D eigenvalue weighted by Crippen LogP contribution is -2.06. The second kappa shape index (κ2) is 9.10. The van der Waals surface area contributed by atoms with Crippen LogP contribution in [0.4, 0.5) is 11.4 Å². The molecular formula is C25H19N3O4S. The number of anilines is 1. The summed E-state index contributed by atoms with van der Waals surface area (Å²) in [5.74, 6) is 0. The van der Waals surface area contributed by atoms with Crippen LogP contribution in [-0.2, 0) is 16.3 Å². The Morgan fingerprint density at radius 2 is 1.58 bits per heavy atom. The van der Waals surface area contributed by atoms with Crippen molar-refractivity contribution in [2.75, 3.05) is 11.9 Å². The van der Waals surface area contributed by atoms with Gasteiger partial charge in [-0.2, -0.15) is 5.26 Å². The summed E-state index contributed by atoms with van der Waals surface area (Å²) in [7, 11) is -3.63. The van der Waals surface area contributed by atoms with Gasteiger partial charge in [-0.25, -0.2) is 8.42 Å². The summed E-state index contributed by atoms with van der Waals surface area (Å²) in [5, 5.41) is 25.0. The van der Waals surface area contributed by atoms with E-state index in [-0.39, 0.29) is 21.0 Å². The van der Waals surface area contributed by atoms with E-state index in [9.17, 15) is 18.5 Å². The molecule has 33 heavy (non-hydrogen) atoms. The van der Waals surface area contributed by atoms with E-state index in [1.54, 1.807) is 48.5 Å². The zero-order chi connectivity index (χ0) is 23.4. The average Bonchev–Trinajstić information content (AvgIpc) is 2.83. The summed E-state index contributed by atoms with van der Waals surface area (Å²) in [5.41, 5.74) is 1.30. The van der Waals surface area contributed by atoms with Crippen LogP contribution < -0.4 is 5.32 Å². The Labute approximate surface area is 191 Å². The maximum atomic E-state index is 13.0. The lowest BCUT2D eigenvalue weighted by atomic mass is 10.1. The quantitative estimate of drug-likeness (QED) is 0.305. The second-order valence-electron chi connectivity index (χ2n) is 7.43. The molecule has 8 heteroatoms. The Bertz CT molecular complexity index is 1490. The van der Waals surface area contributed by atoms with Crippen molar-refractivity contribution in [3.63, 3.8) is 0 Å². The maximum absolute atomic E-state index is 13.0. The number of sulfone groups is 1. The first kappa shape index (κ1) is 22.0. The molecule has 1 N–H and O–H groups in total. The van der Waals surface area contributed by atoms with Gasteiger partial charge in [0.1, 0.15) is 11.6 Å². The number of hydrogen-bond donors (Lipinski definition) is 1. The minimum atomic E-state index is -3.63. The van der Waals surface area contributed by atoms with E-state index in [4.69, 9.17) is 5.26 Å². The van der Waals surface area contributed by atoms with Gasteiger partial charge in [0.15, 0.2) is 0 Å². The molecule has 0 bridgehead atoms. The van der Waals surface area contributed by atoms with Gasteiger partial charge in [-0.1, -0.05) is 42.5 Å². The average molecular weight is 458 g/mol. The first-order valence-electron chi connectivity index (χ1n) is 10.1. The van der Waals surface area contributed by atoms with Crippen LogP contribution >= 0.6 is 0 Å². The molecule has 4 rings (SSSR count). The summed E-state index contributed by atoms with van der Waals surface area (Å²) < 4.78 is 26.1. The molecule has 0 aliphatic rings. The zero-order valence-corrected chi connectivity index (χ0v) is 18.2. The molecule has 0 fully saturated rings. The van der Waals surface area contributed by atoms with Gasteiger partial charge in [-0.15, -0.1) is 0 Å². The molecule has 7 nitrogen and oxygen atoms in total. The minimum Gasteiger partial charge on any atom is -0.385 e. The Balaban J connectivity index is 1.44. The molecule has 4 aromatic carbocycles. The van der Waals surface area contributed by atoms with E-state index < -0.39 is 14.8 Å². The van der Waals surface area contributed by atoms with E-state index in [1.807, 2.05) is 30.3 Å². The van der Waals surface area contributed by atoms with Crippen LogP contribution in [0.3, 0.4) is 0 Å². The molecule has 0 saturated carbocycles. The Morgan fingerprint density at radius 3 is 2.27 bits per heavy atom. The van der Waals surface area contributed by atoms with Crippen LogP contribution in [0.5, 0.6) is 0 Å². The predicted octanol–water partition coefficient (Wildman–Crippen LogP) is 5.11. The molecule has 0 aromatic heterocycles. The lowest BCUT2D eigenvalue weighted by Gasteiger charge is -2.09. The summed E-state index contributed by atoms with van der Waals surface area (Å²) in [6.45, 7) is 0.513. The summed E-state index contributed by atoms with van der Waals surface area (Å²) >= 11 is 0. The minimum absolute atomic E-state index is 0.00625. The number of hydrogen-bond acceptors (Lipinski definition) is 6. The standard InChI is InChI=1S/C25H19N3O4S/c26-17-21-15-22(8-12-25(21)28(29)30)27-14-13-18-5-9-23(10-6-18)33(31,32)24-11-7-19-3-1-2-4-20(19)16-24/h1-12,15-16,27H,13-14H2. The Kier molecular flexibility index (Phi) is 6.07. The number of nitro benzene ring substituents is 1. The third kappa shape index (κ3) is 4.68. The zero-order valence-electron chi connectivity index (χ0n) is 17.4. The normalized spacial score (nSPS) is 11.1. The van der Waals surface area contributed by atoms with Crippen molar-refractivity contribution >= 4 is 32.0 Å². The Morgan fingerprint density at radius 1 is 0.879 bits per heavy atom. The van der Waals surface area contributed by atoms with E-state index in [1.165, 1.54) is 12.1 Å². The van der Waals surface area contributed by atoms with Gasteiger partial charge in [0, 0.05) is 18.3 Å². The van der Waals surface area contributed by atoms with Crippen LogP contribution in [0.25, 0.3) is 10.8 Å². The topological polar surface area (TPSA) is 113 Å². The molecule has 4 aromatic rings. The highest BCUT2D eigenvalue weighted by Gasteiger charge is 2.18. The van der Waals surface area contributed by atoms with Crippen molar-refractivity contribution in [2.24, 2.45) is 0 Å². The molecule has 0 amide bonds. The molecule has 0 heterocycles. The van der Waals surface area contributed by atoms with Crippen molar-refractivity contribution in [3.8, 4) is 6.07 Å². The number of nitro groups is 1. The highest BCUT2D eigenvalue weighted by Crippen LogP contribution is 2.25. The first-order chi connectivity index (χ1) is 15.9. The van der Waals surface area contributed by atoms with Crippen molar-refractivity contribution < 1.29 is 13.3 Å². The van der Waals surface area contributed by atoms with E-state index in [0.717, 1.165) is 16.3 Å². The van der Waals surface area contributed by atoms with Gasteiger partial charge >= 0.3 is 0 Å². The highest BCUT2D eigenvalue weighted by atomic mass is 32.2. The van der Waals surface area contributed by atoms with Crippen molar-refractivity contribution in [3.05, 3.63) is 106 Å². The van der Waals surface area contributed by atoms with Crippen molar-refractivity contribution in [2.45, 2.75) is 16.2 Å². The number of rotatable bonds is 7. The molecule has 164 valence electrons. The smallest absolute Gasteiger partial charge is 0.287 e. The fourth-order valence-electron chi connectivity index (χ4n) is 3.55. The molecule has 0 atom stereocenters. The third-order valence-corrected chi connectivity index (χ3v) is 7.09. The number of nitriles is 1. The lowest BCUT2D eigenvalue weighted by molar-refractivity contribution is -0.385. The van der Waals surface area contributed by atoms with Crippen LogP contribution in [0.2, 0.25) is 0 Å². The number of nitrogens with one attached hydrogen (secondary N) is 1. The summed E-state index contributed by atoms with van der Waals surface area (Å²) in [4.78, 5) is 10.8. The molecule has 0 unspecified atom stereocenters. The molecule has 0 aliphatic carbocycles. The van der Waals surface area contributed by atoms with Gasteiger partial charge in [0.25, 0.3) is 5.69 Å². The van der Waals surface area contributed by atoms with Crippen LogP contribution in [0, 0.1) is 21.4 Å². The summed E-state index contributed by atoms with van der Waals surface area (Å²) in [6.07, 6.45) is 0.606. The van der Waals surface area contributed by atoms with Gasteiger partial charge < -0.3 is 5.32 Å². The molecule has 0 aliphatic heterocycles. The monoisotopic (exact) mass is 457 g/mol. The SMILES string of the molecule is N#Cc1cc(NCCc2ccc(S(=O)(=O)c3ccc4ccccc4c3)cc2)ccc1[N+](=O)[O-]. The predicted molar refractivity (Wildman–Crippen MR) is 126 cm³/mol. The van der Waals surface area contributed by atoms with Gasteiger partial charge in [0.2, 0.25) is 9.84 Å². The van der Waals surface area contributed by atoms with Gasteiger partial charge in [0.05, 0.1) is 14.7 Å².